The molecule has 2 aromatic rings. The summed E-state index contributed by atoms with van der Waals surface area (Å²) < 4.78 is 7.95. The van der Waals surface area contributed by atoms with Crippen LogP contribution in [0.15, 0.2) is 36.7 Å². The van der Waals surface area contributed by atoms with E-state index in [9.17, 15) is 4.79 Å². The highest BCUT2D eigenvalue weighted by Crippen LogP contribution is 2.20. The fourth-order valence-corrected chi connectivity index (χ4v) is 3.09. The van der Waals surface area contributed by atoms with Crippen molar-refractivity contribution in [1.29, 1.82) is 0 Å². The zero-order chi connectivity index (χ0) is 16.1. The number of rotatable bonds is 5. The van der Waals surface area contributed by atoms with E-state index in [0.29, 0.717) is 17.1 Å². The second-order valence-electron chi connectivity index (χ2n) is 5.86. The van der Waals surface area contributed by atoms with Crippen LogP contribution in [0, 0.1) is 10.7 Å². The number of anilines is 1. The van der Waals surface area contributed by atoms with Gasteiger partial charge in [-0.15, -0.1) is 0 Å². The van der Waals surface area contributed by atoms with Gasteiger partial charge >= 0.3 is 0 Å². The predicted molar refractivity (Wildman–Crippen MR) is 92.4 cm³/mol. The summed E-state index contributed by atoms with van der Waals surface area (Å²) in [7, 11) is 0. The molecule has 1 aromatic carbocycles. The van der Waals surface area contributed by atoms with E-state index in [1.165, 1.54) is 0 Å². The second-order valence-corrected chi connectivity index (χ2v) is 6.24. The lowest BCUT2D eigenvalue weighted by Gasteiger charge is -2.21. The normalized spacial score (nSPS) is 17.8. The largest absolute Gasteiger partial charge is 0.381 e. The summed E-state index contributed by atoms with van der Waals surface area (Å²) in [5.41, 5.74) is 1.71. The molecule has 1 aliphatic heterocycles. The van der Waals surface area contributed by atoms with Crippen molar-refractivity contribution in [2.45, 2.75) is 25.7 Å². The molecule has 5 nitrogen and oxygen atoms in total. The van der Waals surface area contributed by atoms with E-state index in [1.807, 2.05) is 35.0 Å². The molecule has 0 saturated carbocycles. The molecule has 1 aromatic heterocycles. The third-order valence-electron chi connectivity index (χ3n) is 4.09. The van der Waals surface area contributed by atoms with Crippen molar-refractivity contribution >= 4 is 23.8 Å². The van der Waals surface area contributed by atoms with Gasteiger partial charge < -0.3 is 15.0 Å². The van der Waals surface area contributed by atoms with Crippen molar-refractivity contribution in [2.24, 2.45) is 5.92 Å². The Morgan fingerprint density at radius 1 is 1.48 bits per heavy atom. The Hall–Kier alpha value is -1.92. The third kappa shape index (κ3) is 4.30. The quantitative estimate of drug-likeness (QED) is 0.822. The maximum atomic E-state index is 12.1. The number of aromatic amines is 1. The van der Waals surface area contributed by atoms with Crippen molar-refractivity contribution in [2.75, 3.05) is 18.5 Å². The number of carbonyl (C=O) groups is 1. The van der Waals surface area contributed by atoms with E-state index in [-0.39, 0.29) is 5.91 Å². The minimum absolute atomic E-state index is 0.0467. The molecular weight excluding hydrogens is 310 g/mol. The van der Waals surface area contributed by atoms with Gasteiger partial charge in [-0.05, 0) is 55.6 Å². The first-order valence-corrected chi connectivity index (χ1v) is 8.37. The smallest absolute Gasteiger partial charge is 0.224 e. The molecule has 0 unspecified atom stereocenters. The van der Waals surface area contributed by atoms with Gasteiger partial charge in [-0.1, -0.05) is 6.07 Å². The van der Waals surface area contributed by atoms with Crippen LogP contribution in [0.25, 0.3) is 5.69 Å². The summed E-state index contributed by atoms with van der Waals surface area (Å²) in [6, 6.07) is 7.68. The Kier molecular flexibility index (Phi) is 5.25. The highest BCUT2D eigenvalue weighted by molar-refractivity contribution is 7.71. The molecule has 0 spiro atoms. The number of nitrogens with one attached hydrogen (secondary N) is 2. The number of imidazole rings is 1. The number of amides is 1. The number of carbonyl (C=O) groups excluding carboxylic acids is 1. The fourth-order valence-electron chi connectivity index (χ4n) is 2.85. The monoisotopic (exact) mass is 331 g/mol. The molecule has 1 aliphatic rings. The molecule has 3 rings (SSSR count). The number of benzene rings is 1. The van der Waals surface area contributed by atoms with Crippen molar-refractivity contribution in [3.05, 3.63) is 41.4 Å². The van der Waals surface area contributed by atoms with Crippen molar-refractivity contribution in [1.82, 2.24) is 9.55 Å². The lowest BCUT2D eigenvalue weighted by atomic mass is 9.97. The molecule has 2 N–H and O–H groups in total. The summed E-state index contributed by atoms with van der Waals surface area (Å²) in [5.74, 6) is 0.560. The first-order chi connectivity index (χ1) is 11.2. The van der Waals surface area contributed by atoms with Gasteiger partial charge in [-0.3, -0.25) is 9.36 Å². The Labute approximate surface area is 140 Å². The Balaban J connectivity index is 1.58. The summed E-state index contributed by atoms with van der Waals surface area (Å²) in [6.45, 7) is 1.64. The molecule has 23 heavy (non-hydrogen) atoms. The number of hydrogen-bond acceptors (Lipinski definition) is 3. The van der Waals surface area contributed by atoms with Crippen molar-refractivity contribution in [3.63, 3.8) is 0 Å². The summed E-state index contributed by atoms with van der Waals surface area (Å²) >= 11 is 5.22. The van der Waals surface area contributed by atoms with Gasteiger partial charge in [0.1, 0.15) is 0 Å². The molecule has 1 saturated heterocycles. The zero-order valence-corrected chi connectivity index (χ0v) is 13.8. The van der Waals surface area contributed by atoms with Crippen LogP contribution in [0.5, 0.6) is 0 Å². The van der Waals surface area contributed by atoms with Gasteiger partial charge in [0.25, 0.3) is 0 Å². The number of aromatic nitrogens is 2. The van der Waals surface area contributed by atoms with Gasteiger partial charge in [0.05, 0.1) is 0 Å². The van der Waals surface area contributed by atoms with Crippen LogP contribution in [0.4, 0.5) is 5.69 Å². The standard InChI is InChI=1S/C17H21N3O2S/c21-16(7-6-13-3-2-10-22-12-13)19-14-4-1-5-15(11-14)20-9-8-18-17(20)23/h1,4-5,8-9,11,13H,2-3,6-7,10,12H2,(H,18,23)(H,19,21)/t13-/m0/s1. The number of H-pyrrole nitrogens is 1. The molecule has 122 valence electrons. The van der Waals surface area contributed by atoms with Crippen LogP contribution in [-0.4, -0.2) is 28.7 Å². The van der Waals surface area contributed by atoms with Gasteiger partial charge in [-0.2, -0.15) is 0 Å². The Bertz CT molecular complexity index is 716. The van der Waals surface area contributed by atoms with Crippen molar-refractivity contribution < 1.29 is 9.53 Å². The Morgan fingerprint density at radius 3 is 3.13 bits per heavy atom. The number of hydrogen-bond donors (Lipinski definition) is 2. The van der Waals surface area contributed by atoms with Gasteiger partial charge in [0.15, 0.2) is 4.77 Å². The highest BCUT2D eigenvalue weighted by atomic mass is 32.1. The minimum Gasteiger partial charge on any atom is -0.381 e. The predicted octanol–water partition coefficient (Wildman–Crippen LogP) is 3.68. The van der Waals surface area contributed by atoms with Crippen LogP contribution in [0.2, 0.25) is 0 Å². The van der Waals surface area contributed by atoms with E-state index < -0.39 is 0 Å². The van der Waals surface area contributed by atoms with Gasteiger partial charge in [-0.25, -0.2) is 0 Å². The average Bonchev–Trinajstić information content (AvgIpc) is 3.00. The molecule has 1 atom stereocenters. The summed E-state index contributed by atoms with van der Waals surface area (Å²) in [5, 5.41) is 2.97. The second kappa shape index (κ2) is 7.57. The van der Waals surface area contributed by atoms with E-state index in [0.717, 1.165) is 43.9 Å². The van der Waals surface area contributed by atoms with Crippen LogP contribution >= 0.6 is 12.2 Å². The zero-order valence-electron chi connectivity index (χ0n) is 13.0. The molecule has 1 amide bonds. The maximum Gasteiger partial charge on any atom is 0.224 e. The molecule has 6 heteroatoms. The lowest BCUT2D eigenvalue weighted by Crippen LogP contribution is -2.20. The number of ether oxygens (including phenoxy) is 1. The first kappa shape index (κ1) is 16.0. The molecule has 2 heterocycles. The van der Waals surface area contributed by atoms with Crippen LogP contribution in [0.3, 0.4) is 0 Å². The Morgan fingerprint density at radius 2 is 2.39 bits per heavy atom. The molecule has 0 radical (unpaired) electrons. The summed E-state index contributed by atoms with van der Waals surface area (Å²) in [6.07, 6.45) is 7.34. The van der Waals surface area contributed by atoms with Crippen molar-refractivity contribution in [3.8, 4) is 5.69 Å². The van der Waals surface area contributed by atoms with E-state index in [4.69, 9.17) is 17.0 Å². The van der Waals surface area contributed by atoms with Crippen LogP contribution in [-0.2, 0) is 9.53 Å². The summed E-state index contributed by atoms with van der Waals surface area (Å²) in [4.78, 5) is 15.1. The fraction of sp³-hybridized carbons (Fsp3) is 0.412. The van der Waals surface area contributed by atoms with E-state index in [1.54, 1.807) is 6.20 Å². The molecular formula is C17H21N3O2S. The lowest BCUT2D eigenvalue weighted by molar-refractivity contribution is -0.116. The van der Waals surface area contributed by atoms with Gasteiger partial charge in [0.2, 0.25) is 5.91 Å². The SMILES string of the molecule is O=C(CC[C@@H]1CCCOC1)Nc1cccc(-n2cc[nH]c2=S)c1. The molecule has 0 aliphatic carbocycles. The van der Waals surface area contributed by atoms with E-state index >= 15 is 0 Å². The minimum atomic E-state index is 0.0467. The van der Waals surface area contributed by atoms with Gasteiger partial charge in [0, 0.05) is 43.4 Å². The maximum absolute atomic E-state index is 12.1. The topological polar surface area (TPSA) is 59.0 Å². The average molecular weight is 331 g/mol. The molecule has 0 bridgehead atoms. The molecule has 1 fully saturated rings. The third-order valence-corrected chi connectivity index (χ3v) is 4.41. The van der Waals surface area contributed by atoms with Crippen LogP contribution in [0.1, 0.15) is 25.7 Å². The first-order valence-electron chi connectivity index (χ1n) is 7.96. The van der Waals surface area contributed by atoms with E-state index in [2.05, 4.69) is 10.3 Å². The number of nitrogens with zero attached hydrogens (tertiary/aromatic N) is 1. The highest BCUT2D eigenvalue weighted by Gasteiger charge is 2.15. The van der Waals surface area contributed by atoms with Crippen LogP contribution < -0.4 is 5.32 Å².